The van der Waals surface area contributed by atoms with Gasteiger partial charge in [0.15, 0.2) is 0 Å². The first-order chi connectivity index (χ1) is 11.9. The Hall–Kier alpha value is -3.81. The fraction of sp³-hybridized carbons (Fsp3) is 0. The predicted molar refractivity (Wildman–Crippen MR) is 89.0 cm³/mol. The Bertz CT molecular complexity index is 932. The van der Waals surface area contributed by atoms with Crippen molar-refractivity contribution in [2.45, 2.75) is 0 Å². The number of non-ortho nitro benzene ring substituents is 1. The van der Waals surface area contributed by atoms with Crippen LogP contribution >= 0.6 is 0 Å². The minimum Gasteiger partial charge on any atom is -0.322 e. The van der Waals surface area contributed by atoms with E-state index in [2.05, 4.69) is 10.6 Å². The number of rotatable bonds is 4. The molecule has 0 saturated carbocycles. The summed E-state index contributed by atoms with van der Waals surface area (Å²) in [5.41, 5.74) is 1.45. The van der Waals surface area contributed by atoms with Gasteiger partial charge >= 0.3 is 0 Å². The van der Waals surface area contributed by atoms with Crippen LogP contribution in [-0.2, 0) is 4.79 Å². The Morgan fingerprint density at radius 2 is 1.72 bits per heavy atom. The van der Waals surface area contributed by atoms with Gasteiger partial charge in [-0.15, -0.1) is 0 Å². The third kappa shape index (κ3) is 3.42. The summed E-state index contributed by atoms with van der Waals surface area (Å²) in [6, 6.07) is 10.1. The summed E-state index contributed by atoms with van der Waals surface area (Å²) in [5.74, 6) is -1.41. The van der Waals surface area contributed by atoms with Crippen molar-refractivity contribution in [1.82, 2.24) is 5.32 Å². The van der Waals surface area contributed by atoms with Crippen LogP contribution in [0.3, 0.4) is 0 Å². The normalized spacial score (nSPS) is 12.8. The van der Waals surface area contributed by atoms with Crippen LogP contribution in [0.15, 0.2) is 48.5 Å². The highest BCUT2D eigenvalue weighted by Crippen LogP contribution is 2.20. The van der Waals surface area contributed by atoms with Crippen molar-refractivity contribution in [3.8, 4) is 0 Å². The quantitative estimate of drug-likeness (QED) is 0.383. The SMILES string of the molecule is O=C(C=Cc1ccc([N+](=O)[O-])cc1)Nc1ccc2c(c1)C(=O)NC2=O. The number of carbonyl (C=O) groups excluding carboxylic acids is 3. The number of nitrogens with one attached hydrogen (secondary N) is 2. The maximum atomic E-state index is 11.9. The van der Waals surface area contributed by atoms with Crippen LogP contribution in [0.25, 0.3) is 6.08 Å². The lowest BCUT2D eigenvalue weighted by molar-refractivity contribution is -0.384. The Kier molecular flexibility index (Phi) is 4.09. The molecule has 0 radical (unpaired) electrons. The van der Waals surface area contributed by atoms with Crippen LogP contribution in [0.5, 0.6) is 0 Å². The zero-order valence-corrected chi connectivity index (χ0v) is 12.7. The monoisotopic (exact) mass is 337 g/mol. The number of hydrogen-bond acceptors (Lipinski definition) is 5. The molecule has 2 aromatic carbocycles. The summed E-state index contributed by atoms with van der Waals surface area (Å²) in [7, 11) is 0. The van der Waals surface area contributed by atoms with E-state index < -0.39 is 22.6 Å². The second-order valence-corrected chi connectivity index (χ2v) is 5.21. The van der Waals surface area contributed by atoms with E-state index in [9.17, 15) is 24.5 Å². The van der Waals surface area contributed by atoms with Crippen LogP contribution in [-0.4, -0.2) is 22.6 Å². The number of benzene rings is 2. The molecule has 124 valence electrons. The second kappa shape index (κ2) is 6.36. The van der Waals surface area contributed by atoms with E-state index in [4.69, 9.17) is 0 Å². The molecule has 3 rings (SSSR count). The van der Waals surface area contributed by atoms with Gasteiger partial charge in [0.2, 0.25) is 5.91 Å². The third-order valence-electron chi connectivity index (χ3n) is 3.53. The first-order valence-corrected chi connectivity index (χ1v) is 7.17. The lowest BCUT2D eigenvalue weighted by Gasteiger charge is -2.03. The molecular weight excluding hydrogens is 326 g/mol. The number of nitro groups is 1. The van der Waals surface area contributed by atoms with Gasteiger partial charge in [-0.1, -0.05) is 0 Å². The molecule has 1 aliphatic heterocycles. The van der Waals surface area contributed by atoms with Gasteiger partial charge in [0.25, 0.3) is 17.5 Å². The van der Waals surface area contributed by atoms with Crippen LogP contribution in [0.2, 0.25) is 0 Å². The molecule has 0 atom stereocenters. The Labute approximate surface area is 141 Å². The van der Waals surface area contributed by atoms with Crippen molar-refractivity contribution in [1.29, 1.82) is 0 Å². The molecule has 0 fully saturated rings. The minimum atomic E-state index is -0.505. The highest BCUT2D eigenvalue weighted by molar-refractivity contribution is 6.22. The van der Waals surface area contributed by atoms with Crippen LogP contribution in [0.4, 0.5) is 11.4 Å². The number of hydrogen-bond donors (Lipinski definition) is 2. The van der Waals surface area contributed by atoms with Crippen molar-refractivity contribution in [3.63, 3.8) is 0 Å². The van der Waals surface area contributed by atoms with E-state index in [-0.39, 0.29) is 16.8 Å². The fourth-order valence-corrected chi connectivity index (χ4v) is 2.31. The number of nitro benzene ring substituents is 1. The van der Waals surface area contributed by atoms with Gasteiger partial charge in [-0.3, -0.25) is 29.8 Å². The molecule has 0 aliphatic carbocycles. The average molecular weight is 337 g/mol. The van der Waals surface area contributed by atoms with Gasteiger partial charge in [-0.2, -0.15) is 0 Å². The number of carbonyl (C=O) groups is 3. The molecule has 8 heteroatoms. The zero-order chi connectivity index (χ0) is 18.0. The largest absolute Gasteiger partial charge is 0.322 e. The van der Waals surface area contributed by atoms with Crippen molar-refractivity contribution >= 4 is 35.2 Å². The lowest BCUT2D eigenvalue weighted by Crippen LogP contribution is -2.19. The van der Waals surface area contributed by atoms with Gasteiger partial charge in [-0.05, 0) is 42.0 Å². The van der Waals surface area contributed by atoms with E-state index >= 15 is 0 Å². The van der Waals surface area contributed by atoms with E-state index in [1.54, 1.807) is 0 Å². The topological polar surface area (TPSA) is 118 Å². The Morgan fingerprint density at radius 3 is 2.40 bits per heavy atom. The number of imide groups is 1. The van der Waals surface area contributed by atoms with Crippen molar-refractivity contribution in [2.75, 3.05) is 5.32 Å². The maximum Gasteiger partial charge on any atom is 0.269 e. The molecule has 0 bridgehead atoms. The smallest absolute Gasteiger partial charge is 0.269 e. The van der Waals surface area contributed by atoms with E-state index in [0.717, 1.165) is 0 Å². The maximum absolute atomic E-state index is 11.9. The standard InChI is InChI=1S/C17H11N3O5/c21-15(8-3-10-1-5-12(6-2-10)20(24)25)18-11-4-7-13-14(9-11)17(23)19-16(13)22/h1-9H,(H,18,21)(H,19,22,23). The van der Waals surface area contributed by atoms with E-state index in [0.29, 0.717) is 11.3 Å². The summed E-state index contributed by atoms with van der Waals surface area (Å²) in [6.07, 6.45) is 2.77. The van der Waals surface area contributed by atoms with Crippen LogP contribution in [0, 0.1) is 10.1 Å². The molecule has 1 heterocycles. The molecule has 0 saturated heterocycles. The van der Waals surface area contributed by atoms with Crippen molar-refractivity contribution < 1.29 is 19.3 Å². The number of amides is 3. The number of nitrogens with zero attached hydrogens (tertiary/aromatic N) is 1. The highest BCUT2D eigenvalue weighted by Gasteiger charge is 2.26. The summed E-state index contributed by atoms with van der Waals surface area (Å²) in [5, 5.41) is 15.3. The predicted octanol–water partition coefficient (Wildman–Crippen LogP) is 2.13. The Balaban J connectivity index is 1.68. The van der Waals surface area contributed by atoms with E-state index in [1.165, 1.54) is 54.6 Å². The summed E-state index contributed by atoms with van der Waals surface area (Å²) in [4.78, 5) is 45.1. The second-order valence-electron chi connectivity index (χ2n) is 5.21. The molecule has 1 aliphatic rings. The van der Waals surface area contributed by atoms with Gasteiger partial charge in [0.05, 0.1) is 16.1 Å². The van der Waals surface area contributed by atoms with Gasteiger partial charge in [0.1, 0.15) is 0 Å². The lowest BCUT2D eigenvalue weighted by atomic mass is 10.1. The van der Waals surface area contributed by atoms with Gasteiger partial charge in [0, 0.05) is 23.9 Å². The van der Waals surface area contributed by atoms with Crippen molar-refractivity contribution in [2.24, 2.45) is 0 Å². The zero-order valence-electron chi connectivity index (χ0n) is 12.7. The summed E-state index contributed by atoms with van der Waals surface area (Å²) >= 11 is 0. The molecule has 2 N–H and O–H groups in total. The molecular formula is C17H11N3O5. The molecule has 0 spiro atoms. The number of fused-ring (bicyclic) bond motifs is 1. The number of anilines is 1. The summed E-state index contributed by atoms with van der Waals surface area (Å²) < 4.78 is 0. The molecule has 0 unspecified atom stereocenters. The molecule has 2 aromatic rings. The van der Waals surface area contributed by atoms with Crippen LogP contribution < -0.4 is 10.6 Å². The third-order valence-corrected chi connectivity index (χ3v) is 3.53. The average Bonchev–Trinajstić information content (AvgIpc) is 2.87. The van der Waals surface area contributed by atoms with Gasteiger partial charge in [-0.25, -0.2) is 0 Å². The van der Waals surface area contributed by atoms with Crippen molar-refractivity contribution in [3.05, 3.63) is 75.3 Å². The molecule has 3 amide bonds. The summed E-state index contributed by atoms with van der Waals surface area (Å²) in [6.45, 7) is 0. The Morgan fingerprint density at radius 1 is 1.04 bits per heavy atom. The molecule has 8 nitrogen and oxygen atoms in total. The first-order valence-electron chi connectivity index (χ1n) is 7.17. The van der Waals surface area contributed by atoms with Crippen LogP contribution in [0.1, 0.15) is 26.3 Å². The minimum absolute atomic E-state index is 0.0347. The highest BCUT2D eigenvalue weighted by atomic mass is 16.6. The molecule has 0 aromatic heterocycles. The van der Waals surface area contributed by atoms with Gasteiger partial charge < -0.3 is 5.32 Å². The fourth-order valence-electron chi connectivity index (χ4n) is 2.31. The van der Waals surface area contributed by atoms with E-state index in [1.807, 2.05) is 0 Å². The first kappa shape index (κ1) is 16.1. The molecule has 25 heavy (non-hydrogen) atoms.